The molecular formula is C9H8N2O3S. The number of aliphatic hydroxyl groups is 1. The lowest BCUT2D eigenvalue weighted by atomic mass is 10.2. The molecule has 0 fully saturated rings. The zero-order valence-electron chi connectivity index (χ0n) is 7.60. The average molecular weight is 224 g/mol. The third-order valence-electron chi connectivity index (χ3n) is 1.93. The zero-order chi connectivity index (χ0) is 10.8. The highest BCUT2D eigenvalue weighted by Gasteiger charge is 2.08. The first-order valence-electron chi connectivity index (χ1n) is 4.19. The van der Waals surface area contributed by atoms with E-state index in [2.05, 4.69) is 4.98 Å². The van der Waals surface area contributed by atoms with Crippen molar-refractivity contribution in [1.29, 1.82) is 0 Å². The van der Waals surface area contributed by atoms with Crippen molar-refractivity contribution < 1.29 is 15.1 Å². The van der Waals surface area contributed by atoms with Gasteiger partial charge in [-0.05, 0) is 18.2 Å². The highest BCUT2D eigenvalue weighted by atomic mass is 32.1. The van der Waals surface area contributed by atoms with Crippen LogP contribution < -0.4 is 5.48 Å². The number of amides is 1. The number of aliphatic hydroxyl groups excluding tert-OH is 1. The molecule has 1 aromatic carbocycles. The van der Waals surface area contributed by atoms with Crippen molar-refractivity contribution in [3.63, 3.8) is 0 Å². The Morgan fingerprint density at radius 3 is 3.00 bits per heavy atom. The second-order valence-corrected chi connectivity index (χ2v) is 4.00. The molecule has 2 rings (SSSR count). The fourth-order valence-electron chi connectivity index (χ4n) is 1.25. The number of nitrogens with one attached hydrogen (secondary N) is 1. The summed E-state index contributed by atoms with van der Waals surface area (Å²) in [5.41, 5.74) is 2.53. The van der Waals surface area contributed by atoms with Crippen LogP contribution in [0.25, 0.3) is 10.2 Å². The maximum absolute atomic E-state index is 11.1. The van der Waals surface area contributed by atoms with E-state index in [4.69, 9.17) is 10.3 Å². The first-order chi connectivity index (χ1) is 7.24. The van der Waals surface area contributed by atoms with Crippen LogP contribution in [0, 0.1) is 0 Å². The van der Waals surface area contributed by atoms with Crippen LogP contribution in [0.5, 0.6) is 0 Å². The second kappa shape index (κ2) is 3.93. The van der Waals surface area contributed by atoms with Crippen LogP contribution in [-0.2, 0) is 6.61 Å². The lowest BCUT2D eigenvalue weighted by molar-refractivity contribution is 0.0706. The monoisotopic (exact) mass is 224 g/mol. The molecule has 0 saturated carbocycles. The molecule has 0 saturated heterocycles. The van der Waals surface area contributed by atoms with Crippen molar-refractivity contribution in [3.8, 4) is 0 Å². The standard InChI is InChI=1S/C9H8N2O3S/c12-4-8-10-6-3-5(9(13)11-14)1-2-7(6)15-8/h1-3,12,14H,4H2,(H,11,13). The van der Waals surface area contributed by atoms with Gasteiger partial charge < -0.3 is 5.11 Å². The predicted molar refractivity (Wildman–Crippen MR) is 54.8 cm³/mol. The fraction of sp³-hybridized carbons (Fsp3) is 0.111. The van der Waals surface area contributed by atoms with Crippen molar-refractivity contribution in [3.05, 3.63) is 28.8 Å². The second-order valence-electron chi connectivity index (χ2n) is 2.89. The van der Waals surface area contributed by atoms with E-state index in [9.17, 15) is 4.79 Å². The molecule has 0 radical (unpaired) electrons. The van der Waals surface area contributed by atoms with Gasteiger partial charge in [0.2, 0.25) is 0 Å². The van der Waals surface area contributed by atoms with E-state index < -0.39 is 5.91 Å². The molecule has 0 spiro atoms. The zero-order valence-corrected chi connectivity index (χ0v) is 8.41. The number of aromatic nitrogens is 1. The summed E-state index contributed by atoms with van der Waals surface area (Å²) in [6.45, 7) is -0.110. The van der Waals surface area contributed by atoms with Gasteiger partial charge in [-0.2, -0.15) is 0 Å². The number of benzene rings is 1. The fourth-order valence-corrected chi connectivity index (χ4v) is 2.06. The summed E-state index contributed by atoms with van der Waals surface area (Å²) >= 11 is 1.37. The Morgan fingerprint density at radius 1 is 1.53 bits per heavy atom. The number of rotatable bonds is 2. The molecule has 78 valence electrons. The lowest BCUT2D eigenvalue weighted by Crippen LogP contribution is -2.18. The predicted octanol–water partition coefficient (Wildman–Crippen LogP) is 0.908. The minimum atomic E-state index is -0.574. The van der Waals surface area contributed by atoms with Gasteiger partial charge in [-0.1, -0.05) is 0 Å². The molecule has 1 aromatic heterocycles. The SMILES string of the molecule is O=C(NO)c1ccc2sc(CO)nc2c1. The van der Waals surface area contributed by atoms with Crippen LogP contribution in [0.15, 0.2) is 18.2 Å². The maximum Gasteiger partial charge on any atom is 0.274 e. The van der Waals surface area contributed by atoms with Crippen molar-refractivity contribution in [2.24, 2.45) is 0 Å². The minimum Gasteiger partial charge on any atom is -0.389 e. The molecule has 0 unspecified atom stereocenters. The van der Waals surface area contributed by atoms with E-state index in [1.165, 1.54) is 11.3 Å². The molecule has 2 aromatic rings. The summed E-state index contributed by atoms with van der Waals surface area (Å²) in [6.07, 6.45) is 0. The lowest BCUT2D eigenvalue weighted by Gasteiger charge is -1.96. The van der Waals surface area contributed by atoms with Gasteiger partial charge >= 0.3 is 0 Å². The number of hydrogen-bond donors (Lipinski definition) is 3. The summed E-state index contributed by atoms with van der Waals surface area (Å²) in [7, 11) is 0. The van der Waals surface area contributed by atoms with Crippen molar-refractivity contribution in [2.45, 2.75) is 6.61 Å². The van der Waals surface area contributed by atoms with Crippen molar-refractivity contribution >= 4 is 27.5 Å². The molecule has 6 heteroatoms. The molecule has 1 amide bonds. The first kappa shape index (κ1) is 10.0. The highest BCUT2D eigenvalue weighted by molar-refractivity contribution is 7.18. The number of hydroxylamine groups is 1. The highest BCUT2D eigenvalue weighted by Crippen LogP contribution is 2.22. The van der Waals surface area contributed by atoms with Gasteiger partial charge in [0.05, 0.1) is 16.8 Å². The molecule has 0 aliphatic heterocycles. The molecule has 0 aliphatic carbocycles. The molecule has 3 N–H and O–H groups in total. The van der Waals surface area contributed by atoms with E-state index in [-0.39, 0.29) is 6.61 Å². The number of carbonyl (C=O) groups excluding carboxylic acids is 1. The van der Waals surface area contributed by atoms with Crippen LogP contribution in [0.3, 0.4) is 0 Å². The average Bonchev–Trinajstić information content (AvgIpc) is 2.69. The Hall–Kier alpha value is -1.50. The quantitative estimate of drug-likeness (QED) is 0.523. The van der Waals surface area contributed by atoms with Crippen LogP contribution in [-0.4, -0.2) is 21.2 Å². The topological polar surface area (TPSA) is 82.5 Å². The third-order valence-corrected chi connectivity index (χ3v) is 2.95. The molecule has 5 nitrogen and oxygen atoms in total. The van der Waals surface area contributed by atoms with Gasteiger partial charge in [0.1, 0.15) is 5.01 Å². The van der Waals surface area contributed by atoms with Gasteiger partial charge in [0.15, 0.2) is 0 Å². The number of hydrogen-bond acceptors (Lipinski definition) is 5. The van der Waals surface area contributed by atoms with E-state index >= 15 is 0 Å². The Morgan fingerprint density at radius 2 is 2.33 bits per heavy atom. The number of thiazole rings is 1. The summed E-state index contributed by atoms with van der Waals surface area (Å²) in [5.74, 6) is -0.574. The van der Waals surface area contributed by atoms with Gasteiger partial charge in [0.25, 0.3) is 5.91 Å². The summed E-state index contributed by atoms with van der Waals surface area (Å²) < 4.78 is 0.897. The molecule has 0 bridgehead atoms. The van der Waals surface area contributed by atoms with Crippen LogP contribution in [0.2, 0.25) is 0 Å². The maximum atomic E-state index is 11.1. The van der Waals surface area contributed by atoms with Gasteiger partial charge in [-0.25, -0.2) is 10.5 Å². The van der Waals surface area contributed by atoms with E-state index in [1.54, 1.807) is 23.7 Å². The summed E-state index contributed by atoms with van der Waals surface area (Å²) in [4.78, 5) is 15.2. The van der Waals surface area contributed by atoms with Crippen molar-refractivity contribution in [1.82, 2.24) is 10.5 Å². The number of nitrogens with zero attached hydrogens (tertiary/aromatic N) is 1. The smallest absolute Gasteiger partial charge is 0.274 e. The van der Waals surface area contributed by atoms with E-state index in [0.717, 1.165) is 4.70 Å². The molecule has 15 heavy (non-hydrogen) atoms. The Balaban J connectivity index is 2.50. The van der Waals surface area contributed by atoms with Crippen LogP contribution in [0.1, 0.15) is 15.4 Å². The van der Waals surface area contributed by atoms with Crippen molar-refractivity contribution in [2.75, 3.05) is 0 Å². The summed E-state index contributed by atoms with van der Waals surface area (Å²) in [6, 6.07) is 4.89. The molecular weight excluding hydrogens is 216 g/mol. The Kier molecular flexibility index (Phi) is 2.63. The summed E-state index contributed by atoms with van der Waals surface area (Å²) in [5, 5.41) is 17.9. The third kappa shape index (κ3) is 1.82. The number of fused-ring (bicyclic) bond motifs is 1. The molecule has 0 atom stereocenters. The normalized spacial score (nSPS) is 10.5. The Labute approximate surface area is 89.0 Å². The largest absolute Gasteiger partial charge is 0.389 e. The van der Waals surface area contributed by atoms with Gasteiger partial charge in [-0.3, -0.25) is 10.0 Å². The van der Waals surface area contributed by atoms with Gasteiger partial charge in [0, 0.05) is 5.56 Å². The Bertz CT molecular complexity index is 509. The first-order valence-corrected chi connectivity index (χ1v) is 5.01. The van der Waals surface area contributed by atoms with Gasteiger partial charge in [-0.15, -0.1) is 11.3 Å². The number of carbonyl (C=O) groups is 1. The van der Waals surface area contributed by atoms with Crippen LogP contribution in [0.4, 0.5) is 0 Å². The van der Waals surface area contributed by atoms with E-state index in [1.807, 2.05) is 0 Å². The molecule has 0 aliphatic rings. The molecule has 1 heterocycles. The van der Waals surface area contributed by atoms with E-state index in [0.29, 0.717) is 16.1 Å². The van der Waals surface area contributed by atoms with Crippen LogP contribution >= 0.6 is 11.3 Å². The minimum absolute atomic E-state index is 0.110.